The van der Waals surface area contributed by atoms with Crippen LogP contribution in [0.1, 0.15) is 99.0 Å². The Morgan fingerprint density at radius 2 is 1.61 bits per heavy atom. The molecule has 0 fully saturated rings. The zero-order chi connectivity index (χ0) is 23.0. The van der Waals surface area contributed by atoms with Crippen LogP contribution in [0.25, 0.3) is 6.08 Å². The van der Waals surface area contributed by atoms with Gasteiger partial charge in [0.15, 0.2) is 0 Å². The second-order valence-electron chi connectivity index (χ2n) is 11.3. The Morgan fingerprint density at radius 3 is 2.26 bits per heavy atom. The Bertz CT molecular complexity index is 959. The zero-order valence-corrected chi connectivity index (χ0v) is 20.7. The molecule has 2 aromatic carbocycles. The van der Waals surface area contributed by atoms with Crippen molar-refractivity contribution in [1.82, 2.24) is 0 Å². The molecular weight excluding hydrogens is 376 g/mol. The van der Waals surface area contributed by atoms with Gasteiger partial charge in [-0.2, -0.15) is 0 Å². The van der Waals surface area contributed by atoms with Crippen molar-refractivity contribution >= 4 is 6.08 Å². The molecule has 0 heterocycles. The molecule has 2 aromatic rings. The van der Waals surface area contributed by atoms with E-state index >= 15 is 0 Å². The largest absolute Gasteiger partial charge is 0.324 e. The fourth-order valence-electron chi connectivity index (χ4n) is 4.91. The number of hydrogen-bond acceptors (Lipinski definition) is 2. The van der Waals surface area contributed by atoms with Crippen LogP contribution >= 0.6 is 0 Å². The molecule has 4 N–H and O–H groups in total. The second-order valence-corrected chi connectivity index (χ2v) is 11.3. The van der Waals surface area contributed by atoms with Crippen molar-refractivity contribution < 1.29 is 0 Å². The monoisotopic (exact) mass is 418 g/mol. The lowest BCUT2D eigenvalue weighted by Crippen LogP contribution is -2.33. The Hall–Kier alpha value is -1.90. The first kappa shape index (κ1) is 23.8. The van der Waals surface area contributed by atoms with Crippen molar-refractivity contribution in [3.63, 3.8) is 0 Å². The Morgan fingerprint density at radius 1 is 0.935 bits per heavy atom. The highest BCUT2D eigenvalue weighted by Gasteiger charge is 2.32. The minimum absolute atomic E-state index is 0.0105. The fourth-order valence-corrected chi connectivity index (χ4v) is 4.91. The van der Waals surface area contributed by atoms with Gasteiger partial charge in [0.1, 0.15) is 0 Å². The third-order valence-electron chi connectivity index (χ3n) is 7.11. The van der Waals surface area contributed by atoms with Crippen molar-refractivity contribution in [1.29, 1.82) is 0 Å². The van der Waals surface area contributed by atoms with Crippen LogP contribution in [0, 0.1) is 17.8 Å². The Labute approximate surface area is 190 Å². The molecule has 0 aliphatic heterocycles. The number of benzene rings is 2. The molecule has 0 saturated carbocycles. The summed E-state index contributed by atoms with van der Waals surface area (Å²) in [5.41, 5.74) is 23.0. The van der Waals surface area contributed by atoms with E-state index in [4.69, 9.17) is 11.5 Å². The number of aryl methyl sites for hydroxylation is 3. The average Bonchev–Trinajstić information content (AvgIpc) is 3.15. The summed E-state index contributed by atoms with van der Waals surface area (Å²) < 4.78 is 0. The van der Waals surface area contributed by atoms with Crippen molar-refractivity contribution in [3.05, 3.63) is 75.4 Å². The molecule has 2 heteroatoms. The summed E-state index contributed by atoms with van der Waals surface area (Å²) in [6.07, 6.45) is 8.85. The number of hydrogen-bond donors (Lipinski definition) is 2. The lowest BCUT2D eigenvalue weighted by atomic mass is 9.72. The topological polar surface area (TPSA) is 52.0 Å². The van der Waals surface area contributed by atoms with Gasteiger partial charge < -0.3 is 11.5 Å². The van der Waals surface area contributed by atoms with E-state index in [-0.39, 0.29) is 22.9 Å². The summed E-state index contributed by atoms with van der Waals surface area (Å²) >= 11 is 0. The molecule has 2 atom stereocenters. The molecule has 0 amide bonds. The Kier molecular flexibility index (Phi) is 6.84. The number of nitrogens with two attached hydrogens (primary N) is 2. The molecule has 2 nitrogen and oxygen atoms in total. The van der Waals surface area contributed by atoms with Crippen LogP contribution in [-0.2, 0) is 19.3 Å². The van der Waals surface area contributed by atoms with Crippen molar-refractivity contribution in [3.8, 4) is 0 Å². The molecule has 1 aliphatic rings. The minimum atomic E-state index is -0.0895. The van der Waals surface area contributed by atoms with Gasteiger partial charge in [-0.05, 0) is 95.4 Å². The van der Waals surface area contributed by atoms with Gasteiger partial charge in [-0.3, -0.25) is 0 Å². The van der Waals surface area contributed by atoms with Gasteiger partial charge in [0, 0.05) is 12.1 Å². The molecule has 1 aliphatic carbocycles. The number of fused-ring (bicyclic) bond motifs is 1. The maximum atomic E-state index is 6.90. The van der Waals surface area contributed by atoms with Crippen LogP contribution in [0.2, 0.25) is 0 Å². The van der Waals surface area contributed by atoms with Crippen LogP contribution < -0.4 is 11.5 Å². The lowest BCUT2D eigenvalue weighted by molar-refractivity contribution is 0.281. The van der Waals surface area contributed by atoms with Gasteiger partial charge in [-0.1, -0.05) is 71.0 Å². The van der Waals surface area contributed by atoms with Gasteiger partial charge in [0.25, 0.3) is 0 Å². The standard InChI is InChI=1S/C29H42N2/c1-8-10-21-17-25(27(31)28(3,4)5)24(15-19(21)2)18-29(6,7)26(30)23-14-13-20-11-9-12-22(20)16-23/h8,10,13-17,26-27H,9,11-12,18,30-31H2,1-7H3/b10-8-. The third kappa shape index (κ3) is 5.13. The van der Waals surface area contributed by atoms with Crippen LogP contribution in [0.3, 0.4) is 0 Å². The van der Waals surface area contributed by atoms with Gasteiger partial charge in [0.05, 0.1) is 0 Å². The first-order valence-corrected chi connectivity index (χ1v) is 11.8. The maximum Gasteiger partial charge on any atom is 0.0350 e. The van der Waals surface area contributed by atoms with E-state index in [1.807, 2.05) is 0 Å². The molecule has 0 spiro atoms. The van der Waals surface area contributed by atoms with Crippen LogP contribution in [0.15, 0.2) is 36.4 Å². The number of rotatable bonds is 6. The van der Waals surface area contributed by atoms with Crippen LogP contribution in [-0.4, -0.2) is 0 Å². The Balaban J connectivity index is 1.98. The first-order chi connectivity index (χ1) is 14.4. The van der Waals surface area contributed by atoms with E-state index in [2.05, 4.69) is 91.0 Å². The summed E-state index contributed by atoms with van der Waals surface area (Å²) in [4.78, 5) is 0. The van der Waals surface area contributed by atoms with Crippen LogP contribution in [0.5, 0.6) is 0 Å². The molecule has 0 bridgehead atoms. The van der Waals surface area contributed by atoms with Gasteiger partial charge in [-0.25, -0.2) is 0 Å². The highest BCUT2D eigenvalue weighted by molar-refractivity contribution is 5.57. The van der Waals surface area contributed by atoms with Crippen LogP contribution in [0.4, 0.5) is 0 Å². The average molecular weight is 419 g/mol. The predicted molar refractivity (Wildman–Crippen MR) is 135 cm³/mol. The van der Waals surface area contributed by atoms with Crippen molar-refractivity contribution in [2.24, 2.45) is 22.3 Å². The van der Waals surface area contributed by atoms with E-state index in [1.54, 1.807) is 0 Å². The molecule has 2 unspecified atom stereocenters. The van der Waals surface area contributed by atoms with Crippen molar-refractivity contribution in [2.75, 3.05) is 0 Å². The van der Waals surface area contributed by atoms with Gasteiger partial charge in [0.2, 0.25) is 0 Å². The minimum Gasteiger partial charge on any atom is -0.324 e. The summed E-state index contributed by atoms with van der Waals surface area (Å²) in [5.74, 6) is 0. The summed E-state index contributed by atoms with van der Waals surface area (Å²) in [6, 6.07) is 11.5. The quantitative estimate of drug-likeness (QED) is 0.540. The van der Waals surface area contributed by atoms with Gasteiger partial charge >= 0.3 is 0 Å². The maximum absolute atomic E-state index is 6.90. The fraction of sp³-hybridized carbons (Fsp3) is 0.517. The van der Waals surface area contributed by atoms with E-state index in [0.717, 1.165) is 6.42 Å². The summed E-state index contributed by atoms with van der Waals surface area (Å²) in [6.45, 7) is 15.5. The zero-order valence-electron chi connectivity index (χ0n) is 20.7. The van der Waals surface area contributed by atoms with E-state index in [9.17, 15) is 0 Å². The normalized spacial score (nSPS) is 16.5. The molecule has 168 valence electrons. The first-order valence-electron chi connectivity index (χ1n) is 11.8. The smallest absolute Gasteiger partial charge is 0.0350 e. The van der Waals surface area contributed by atoms with Crippen molar-refractivity contribution in [2.45, 2.75) is 86.2 Å². The summed E-state index contributed by atoms with van der Waals surface area (Å²) in [5, 5.41) is 0. The SMILES string of the molecule is C/C=C\c1cc(C(N)C(C)(C)C)c(CC(C)(C)C(N)c2ccc3c(c2)CCC3)cc1C. The van der Waals surface area contributed by atoms with Gasteiger partial charge in [-0.15, -0.1) is 0 Å². The highest BCUT2D eigenvalue weighted by atomic mass is 14.7. The lowest BCUT2D eigenvalue weighted by Gasteiger charge is -2.36. The highest BCUT2D eigenvalue weighted by Crippen LogP contribution is 2.40. The van der Waals surface area contributed by atoms with E-state index < -0.39 is 0 Å². The molecule has 31 heavy (non-hydrogen) atoms. The third-order valence-corrected chi connectivity index (χ3v) is 7.11. The molecule has 0 saturated heterocycles. The second kappa shape index (κ2) is 8.92. The number of allylic oxidation sites excluding steroid dienone is 1. The predicted octanol–water partition coefficient (Wildman–Crippen LogP) is 6.83. The molecular formula is C29H42N2. The van der Waals surface area contributed by atoms with E-state index in [1.165, 1.54) is 58.2 Å². The van der Waals surface area contributed by atoms with E-state index in [0.29, 0.717) is 0 Å². The summed E-state index contributed by atoms with van der Waals surface area (Å²) in [7, 11) is 0. The molecule has 0 radical (unpaired) electrons. The molecule has 3 rings (SSSR count). The molecule has 0 aromatic heterocycles.